The van der Waals surface area contributed by atoms with Gasteiger partial charge in [0.05, 0.1) is 10.0 Å². The molecule has 152 valence electrons. The molecule has 27 heavy (non-hydrogen) atoms. The zero-order chi connectivity index (χ0) is 19.0. The minimum Gasteiger partial charge on any atom is -0.356 e. The first-order valence-corrected chi connectivity index (χ1v) is 10.0. The number of halogens is 4. The maximum absolute atomic E-state index is 12.5. The lowest BCUT2D eigenvalue weighted by atomic mass is 10.2. The van der Waals surface area contributed by atoms with Gasteiger partial charge in [0, 0.05) is 43.0 Å². The molecule has 11 heteroatoms. The van der Waals surface area contributed by atoms with E-state index in [2.05, 4.69) is 31.0 Å². The Morgan fingerprint density at radius 2 is 1.70 bits per heavy atom. The van der Waals surface area contributed by atoms with Crippen molar-refractivity contribution in [3.05, 3.63) is 32.2 Å². The van der Waals surface area contributed by atoms with E-state index < -0.39 is 11.9 Å². The first-order valence-electron chi connectivity index (χ1n) is 8.25. The second-order valence-corrected chi connectivity index (χ2v) is 7.53. The fourth-order valence-electron chi connectivity index (χ4n) is 2.19. The van der Waals surface area contributed by atoms with E-state index in [1.54, 1.807) is 18.4 Å². The van der Waals surface area contributed by atoms with Crippen molar-refractivity contribution in [2.24, 2.45) is 4.99 Å². The van der Waals surface area contributed by atoms with Gasteiger partial charge in [-0.1, -0.05) is 0 Å². The average Bonchev–Trinajstić information content (AvgIpc) is 3.21. The second-order valence-electron chi connectivity index (χ2n) is 5.64. The molecule has 0 spiro atoms. The largest absolute Gasteiger partial charge is 0.434 e. The van der Waals surface area contributed by atoms with Crippen LogP contribution in [0.3, 0.4) is 0 Å². The fourth-order valence-corrected chi connectivity index (χ4v) is 3.81. The number of alkyl halides is 3. The van der Waals surface area contributed by atoms with Gasteiger partial charge in [-0.05, 0) is 26.2 Å². The number of nitrogens with zero attached hydrogens (tertiary/aromatic N) is 3. The number of aliphatic imine (C=N–C) groups is 1. The summed E-state index contributed by atoms with van der Waals surface area (Å²) in [4.78, 5) is 12.2. The third kappa shape index (κ3) is 8.73. The molecule has 0 atom stereocenters. The van der Waals surface area contributed by atoms with Gasteiger partial charge in [-0.25, -0.2) is 9.97 Å². The Hall–Kier alpha value is -0.950. The van der Waals surface area contributed by atoms with Crippen molar-refractivity contribution in [2.45, 2.75) is 38.8 Å². The zero-order valence-electron chi connectivity index (χ0n) is 15.1. The van der Waals surface area contributed by atoms with Crippen molar-refractivity contribution >= 4 is 52.6 Å². The molecule has 0 unspecified atom stereocenters. The van der Waals surface area contributed by atoms with Crippen LogP contribution < -0.4 is 10.6 Å². The molecule has 0 aromatic carbocycles. The molecule has 2 aromatic rings. The van der Waals surface area contributed by atoms with Crippen LogP contribution in [-0.4, -0.2) is 36.1 Å². The summed E-state index contributed by atoms with van der Waals surface area (Å²) in [7, 11) is 1.67. The lowest BCUT2D eigenvalue weighted by molar-refractivity contribution is -0.140. The monoisotopic (exact) mass is 533 g/mol. The lowest BCUT2D eigenvalue weighted by Crippen LogP contribution is -2.38. The Morgan fingerprint density at radius 1 is 1.04 bits per heavy atom. The number of guanidine groups is 1. The van der Waals surface area contributed by atoms with Gasteiger partial charge in [0.25, 0.3) is 0 Å². The highest BCUT2D eigenvalue weighted by Crippen LogP contribution is 2.29. The van der Waals surface area contributed by atoms with E-state index in [9.17, 15) is 13.2 Å². The molecule has 0 radical (unpaired) electrons. The summed E-state index contributed by atoms with van der Waals surface area (Å²) in [6, 6.07) is 0. The maximum atomic E-state index is 12.5. The second kappa shape index (κ2) is 11.8. The topological polar surface area (TPSA) is 62.2 Å². The quantitative estimate of drug-likeness (QED) is 0.230. The van der Waals surface area contributed by atoms with Gasteiger partial charge in [-0.15, -0.1) is 46.7 Å². The maximum Gasteiger partial charge on any atom is 0.434 e. The van der Waals surface area contributed by atoms with Crippen LogP contribution >= 0.6 is 46.7 Å². The van der Waals surface area contributed by atoms with Gasteiger partial charge in [-0.2, -0.15) is 13.2 Å². The molecule has 2 N–H and O–H groups in total. The highest BCUT2D eigenvalue weighted by atomic mass is 127. The molecule has 0 fully saturated rings. The predicted octanol–water partition coefficient (Wildman–Crippen LogP) is 4.28. The SMILES string of the molecule is CN=C(NCCCCc1nc(C)cs1)NCCc1nc(C(F)(F)F)cs1.I. The van der Waals surface area contributed by atoms with E-state index in [0.29, 0.717) is 23.9 Å². The van der Waals surface area contributed by atoms with Gasteiger partial charge in [-0.3, -0.25) is 4.99 Å². The normalized spacial score (nSPS) is 12.0. The molecule has 0 saturated carbocycles. The van der Waals surface area contributed by atoms with Crippen LogP contribution in [0, 0.1) is 6.92 Å². The van der Waals surface area contributed by atoms with Crippen molar-refractivity contribution in [2.75, 3.05) is 20.1 Å². The zero-order valence-corrected chi connectivity index (χ0v) is 19.1. The number of aryl methyl sites for hydroxylation is 2. The number of nitrogens with one attached hydrogen (secondary N) is 2. The van der Waals surface area contributed by atoms with Gasteiger partial charge in [0.1, 0.15) is 0 Å². The van der Waals surface area contributed by atoms with E-state index in [1.807, 2.05) is 6.92 Å². The number of unbranched alkanes of at least 4 members (excludes halogenated alkanes) is 1. The summed E-state index contributed by atoms with van der Waals surface area (Å²) >= 11 is 2.71. The van der Waals surface area contributed by atoms with Crippen LogP contribution in [0.15, 0.2) is 15.8 Å². The Morgan fingerprint density at radius 3 is 2.30 bits per heavy atom. The molecular formula is C16H23F3IN5S2. The molecular weight excluding hydrogens is 510 g/mol. The molecule has 0 aliphatic rings. The fraction of sp³-hybridized carbons (Fsp3) is 0.562. The number of thiazole rings is 2. The van der Waals surface area contributed by atoms with E-state index in [-0.39, 0.29) is 24.0 Å². The first-order chi connectivity index (χ1) is 12.4. The minimum absolute atomic E-state index is 0. The molecule has 0 aliphatic carbocycles. The standard InChI is InChI=1S/C16H22F3N5S2.HI/c1-11-9-25-13(23-11)5-3-4-7-21-15(20-2)22-8-6-14-24-12(10-26-14)16(17,18)19;/h9-10H,3-8H2,1-2H3,(H2,20,21,22);1H. The smallest absolute Gasteiger partial charge is 0.356 e. The third-order valence-electron chi connectivity index (χ3n) is 3.47. The number of hydrogen-bond donors (Lipinski definition) is 2. The Kier molecular flexibility index (Phi) is 10.5. The van der Waals surface area contributed by atoms with Gasteiger partial charge >= 0.3 is 6.18 Å². The summed E-state index contributed by atoms with van der Waals surface area (Å²) in [6.07, 6.45) is -0.962. The van der Waals surface area contributed by atoms with Gasteiger partial charge in [0.2, 0.25) is 0 Å². The Labute approximate surface area is 181 Å². The van der Waals surface area contributed by atoms with Crippen molar-refractivity contribution in [3.63, 3.8) is 0 Å². The molecule has 0 amide bonds. The predicted molar refractivity (Wildman–Crippen MR) is 115 cm³/mol. The van der Waals surface area contributed by atoms with E-state index in [4.69, 9.17) is 0 Å². The van der Waals surface area contributed by atoms with E-state index >= 15 is 0 Å². The van der Waals surface area contributed by atoms with Crippen LogP contribution in [0.25, 0.3) is 0 Å². The summed E-state index contributed by atoms with van der Waals surface area (Å²) < 4.78 is 37.5. The van der Waals surface area contributed by atoms with E-state index in [1.165, 1.54) is 0 Å². The molecule has 2 rings (SSSR count). The number of hydrogen-bond acceptors (Lipinski definition) is 5. The molecule has 0 aliphatic heterocycles. The molecule has 2 aromatic heterocycles. The highest BCUT2D eigenvalue weighted by molar-refractivity contribution is 14.0. The van der Waals surface area contributed by atoms with Gasteiger partial charge < -0.3 is 10.6 Å². The van der Waals surface area contributed by atoms with E-state index in [0.717, 1.165) is 53.2 Å². The summed E-state index contributed by atoms with van der Waals surface area (Å²) in [5, 5.41) is 11.0. The minimum atomic E-state index is -4.38. The Balaban J connectivity index is 0.00000364. The van der Waals surface area contributed by atoms with Crippen molar-refractivity contribution in [1.82, 2.24) is 20.6 Å². The molecule has 5 nitrogen and oxygen atoms in total. The van der Waals surface area contributed by atoms with Gasteiger partial charge in [0.15, 0.2) is 11.7 Å². The third-order valence-corrected chi connectivity index (χ3v) is 5.41. The first kappa shape index (κ1) is 24.1. The average molecular weight is 533 g/mol. The van der Waals surface area contributed by atoms with Crippen LogP contribution in [0.5, 0.6) is 0 Å². The molecule has 0 saturated heterocycles. The summed E-state index contributed by atoms with van der Waals surface area (Å²) in [5.41, 5.74) is 0.241. The number of aromatic nitrogens is 2. The van der Waals surface area contributed by atoms with Crippen molar-refractivity contribution in [1.29, 1.82) is 0 Å². The molecule has 0 bridgehead atoms. The van der Waals surface area contributed by atoms with Crippen LogP contribution in [-0.2, 0) is 19.0 Å². The summed E-state index contributed by atoms with van der Waals surface area (Å²) in [5.74, 6) is 0.641. The molecule has 2 heterocycles. The van der Waals surface area contributed by atoms with Crippen LogP contribution in [0.4, 0.5) is 13.2 Å². The number of rotatable bonds is 8. The van der Waals surface area contributed by atoms with Crippen molar-refractivity contribution < 1.29 is 13.2 Å². The highest BCUT2D eigenvalue weighted by Gasteiger charge is 2.33. The Bertz CT molecular complexity index is 715. The van der Waals surface area contributed by atoms with Crippen LogP contribution in [0.1, 0.15) is 34.2 Å². The lowest BCUT2D eigenvalue weighted by Gasteiger charge is -2.11. The van der Waals surface area contributed by atoms with Crippen molar-refractivity contribution in [3.8, 4) is 0 Å². The summed E-state index contributed by atoms with van der Waals surface area (Å²) in [6.45, 7) is 3.25. The van der Waals surface area contributed by atoms with Crippen LogP contribution in [0.2, 0.25) is 0 Å².